The van der Waals surface area contributed by atoms with Gasteiger partial charge in [-0.25, -0.2) is 0 Å². The first-order valence-corrected chi connectivity index (χ1v) is 8.76. The fourth-order valence-electron chi connectivity index (χ4n) is 4.15. The highest BCUT2D eigenvalue weighted by Gasteiger charge is 2.48. The number of likely N-dealkylation sites (tertiary alicyclic amines) is 2. The third-order valence-corrected chi connectivity index (χ3v) is 5.36. The van der Waals surface area contributed by atoms with Gasteiger partial charge < -0.3 is 9.64 Å². The Labute approximate surface area is 145 Å². The summed E-state index contributed by atoms with van der Waals surface area (Å²) in [6.45, 7) is 10.0. The lowest BCUT2D eigenvalue weighted by Gasteiger charge is -2.29. The van der Waals surface area contributed by atoms with Gasteiger partial charge in [0.15, 0.2) is 0 Å². The topological polar surface area (TPSA) is 32.8 Å². The molecule has 130 valence electrons. The van der Waals surface area contributed by atoms with Gasteiger partial charge in [0.1, 0.15) is 5.75 Å². The van der Waals surface area contributed by atoms with Crippen molar-refractivity contribution >= 4 is 5.91 Å². The molecule has 0 radical (unpaired) electrons. The van der Waals surface area contributed by atoms with Gasteiger partial charge in [0, 0.05) is 39.0 Å². The summed E-state index contributed by atoms with van der Waals surface area (Å²) in [5, 5.41) is 0. The molecule has 1 amide bonds. The van der Waals surface area contributed by atoms with Crippen LogP contribution in [0.1, 0.15) is 32.4 Å². The number of benzene rings is 1. The van der Waals surface area contributed by atoms with E-state index in [9.17, 15) is 4.79 Å². The molecule has 24 heavy (non-hydrogen) atoms. The van der Waals surface area contributed by atoms with E-state index in [1.54, 1.807) is 14.0 Å². The molecule has 0 bridgehead atoms. The van der Waals surface area contributed by atoms with Crippen LogP contribution in [0.15, 0.2) is 35.9 Å². The van der Waals surface area contributed by atoms with Crippen LogP contribution in [0.5, 0.6) is 5.75 Å². The van der Waals surface area contributed by atoms with Gasteiger partial charge >= 0.3 is 0 Å². The second kappa shape index (κ2) is 6.98. The van der Waals surface area contributed by atoms with Crippen LogP contribution in [0.25, 0.3) is 0 Å². The average molecular weight is 328 g/mol. The minimum atomic E-state index is 0.182. The summed E-state index contributed by atoms with van der Waals surface area (Å²) in [5.74, 6) is 2.14. The molecular weight excluding hydrogens is 300 g/mol. The van der Waals surface area contributed by atoms with Crippen LogP contribution >= 0.6 is 0 Å². The van der Waals surface area contributed by atoms with E-state index in [0.29, 0.717) is 11.8 Å². The van der Waals surface area contributed by atoms with Crippen molar-refractivity contribution in [2.45, 2.75) is 26.8 Å². The van der Waals surface area contributed by atoms with E-state index < -0.39 is 0 Å². The van der Waals surface area contributed by atoms with Crippen LogP contribution in [-0.4, -0.2) is 49.0 Å². The smallest absolute Gasteiger partial charge is 0.219 e. The molecule has 1 aromatic rings. The average Bonchev–Trinajstić information content (AvgIpc) is 3.10. The highest BCUT2D eigenvalue weighted by atomic mass is 16.5. The maximum Gasteiger partial charge on any atom is 0.219 e. The van der Waals surface area contributed by atoms with Gasteiger partial charge in [0.25, 0.3) is 0 Å². The van der Waals surface area contributed by atoms with Crippen molar-refractivity contribution in [3.63, 3.8) is 0 Å². The number of methoxy groups -OCH3 is 1. The Kier molecular flexibility index (Phi) is 4.95. The minimum absolute atomic E-state index is 0.182. The lowest BCUT2D eigenvalue weighted by Crippen LogP contribution is -2.34. The Morgan fingerprint density at radius 1 is 1.17 bits per heavy atom. The molecule has 0 unspecified atom stereocenters. The molecule has 3 rings (SSSR count). The molecule has 4 heteroatoms. The fourth-order valence-corrected chi connectivity index (χ4v) is 4.15. The first-order valence-electron chi connectivity index (χ1n) is 8.76. The quantitative estimate of drug-likeness (QED) is 0.796. The number of hydrogen-bond acceptors (Lipinski definition) is 3. The molecule has 2 aliphatic heterocycles. The molecule has 3 atom stereocenters. The van der Waals surface area contributed by atoms with Crippen LogP contribution in [0.2, 0.25) is 0 Å². The maximum atomic E-state index is 12.2. The normalized spacial score (nSPS) is 26.3. The highest BCUT2D eigenvalue weighted by molar-refractivity contribution is 5.74. The molecule has 0 N–H and O–H groups in total. The summed E-state index contributed by atoms with van der Waals surface area (Å²) < 4.78 is 5.27. The van der Waals surface area contributed by atoms with Gasteiger partial charge in [0.05, 0.1) is 13.2 Å². The summed E-state index contributed by atoms with van der Waals surface area (Å²) in [7, 11) is 1.68. The second-order valence-corrected chi connectivity index (χ2v) is 7.31. The number of ether oxygens (including phenoxy) is 1. The standard InChI is InChI=1S/C20H28N2O2/c1-14(2)9-10-21-11-17-12-22(15(3)23)20(19(17)13-21)16-5-7-18(24-4)8-6-16/h5-9,17,19-20H,10-13H2,1-4H3/t17-,19-,20+/m1/s1. The molecule has 4 nitrogen and oxygen atoms in total. The second-order valence-electron chi connectivity index (χ2n) is 7.31. The van der Waals surface area contributed by atoms with Crippen LogP contribution < -0.4 is 4.74 Å². The minimum Gasteiger partial charge on any atom is -0.497 e. The Hall–Kier alpha value is -1.81. The van der Waals surface area contributed by atoms with Crippen molar-refractivity contribution in [1.82, 2.24) is 9.80 Å². The molecule has 2 heterocycles. The molecule has 2 aliphatic rings. The molecule has 0 aliphatic carbocycles. The van der Waals surface area contributed by atoms with Crippen LogP contribution in [0.4, 0.5) is 0 Å². The number of hydrogen-bond donors (Lipinski definition) is 0. The van der Waals surface area contributed by atoms with E-state index in [1.165, 1.54) is 11.1 Å². The molecule has 2 saturated heterocycles. The Morgan fingerprint density at radius 3 is 2.46 bits per heavy atom. The highest BCUT2D eigenvalue weighted by Crippen LogP contribution is 2.45. The van der Waals surface area contributed by atoms with E-state index in [2.05, 4.69) is 41.9 Å². The van der Waals surface area contributed by atoms with Gasteiger partial charge in [0.2, 0.25) is 5.91 Å². The number of rotatable bonds is 4. The van der Waals surface area contributed by atoms with Gasteiger partial charge in [-0.2, -0.15) is 0 Å². The first-order chi connectivity index (χ1) is 11.5. The van der Waals surface area contributed by atoms with Gasteiger partial charge in [-0.3, -0.25) is 9.69 Å². The van der Waals surface area contributed by atoms with Crippen LogP contribution in [-0.2, 0) is 4.79 Å². The summed E-state index contributed by atoms with van der Waals surface area (Å²) in [5.41, 5.74) is 2.59. The molecule has 2 fully saturated rings. The Balaban J connectivity index is 1.81. The van der Waals surface area contributed by atoms with Crippen molar-refractivity contribution < 1.29 is 9.53 Å². The van der Waals surface area contributed by atoms with Crippen molar-refractivity contribution in [3.05, 3.63) is 41.5 Å². The van der Waals surface area contributed by atoms with E-state index in [4.69, 9.17) is 4.74 Å². The Bertz CT molecular complexity index is 619. The summed E-state index contributed by atoms with van der Waals surface area (Å²) in [6.07, 6.45) is 2.30. The third-order valence-electron chi connectivity index (χ3n) is 5.36. The zero-order valence-electron chi connectivity index (χ0n) is 15.2. The molecule has 1 aromatic carbocycles. The predicted octanol–water partition coefficient (Wildman–Crippen LogP) is 3.11. The zero-order chi connectivity index (χ0) is 17.3. The summed E-state index contributed by atoms with van der Waals surface area (Å²) in [6, 6.07) is 8.41. The van der Waals surface area contributed by atoms with Gasteiger partial charge in [-0.05, 0) is 37.5 Å². The number of carbonyl (C=O) groups excluding carboxylic acids is 1. The van der Waals surface area contributed by atoms with Crippen molar-refractivity contribution in [2.24, 2.45) is 11.8 Å². The zero-order valence-corrected chi connectivity index (χ0v) is 15.2. The Morgan fingerprint density at radius 2 is 1.88 bits per heavy atom. The molecule has 0 saturated carbocycles. The lowest BCUT2D eigenvalue weighted by atomic mass is 9.89. The van der Waals surface area contributed by atoms with Gasteiger partial charge in [-0.15, -0.1) is 0 Å². The number of allylic oxidation sites excluding steroid dienone is 1. The fraction of sp³-hybridized carbons (Fsp3) is 0.550. The molecular formula is C20H28N2O2. The van der Waals surface area contributed by atoms with Crippen molar-refractivity contribution in [1.29, 1.82) is 0 Å². The first kappa shape index (κ1) is 17.0. The summed E-state index contributed by atoms with van der Waals surface area (Å²) >= 11 is 0. The van der Waals surface area contributed by atoms with E-state index in [-0.39, 0.29) is 11.9 Å². The molecule has 0 spiro atoms. The number of amides is 1. The number of carbonyl (C=O) groups is 1. The van der Waals surface area contributed by atoms with E-state index in [1.807, 2.05) is 12.1 Å². The third kappa shape index (κ3) is 3.34. The van der Waals surface area contributed by atoms with Crippen molar-refractivity contribution in [2.75, 3.05) is 33.3 Å². The molecule has 0 aromatic heterocycles. The SMILES string of the molecule is COc1ccc([C@H]2[C@@H]3CN(CC=C(C)C)C[C@@H]3CN2C(C)=O)cc1. The van der Waals surface area contributed by atoms with Crippen LogP contribution in [0.3, 0.4) is 0 Å². The monoisotopic (exact) mass is 328 g/mol. The summed E-state index contributed by atoms with van der Waals surface area (Å²) in [4.78, 5) is 16.7. The van der Waals surface area contributed by atoms with Crippen molar-refractivity contribution in [3.8, 4) is 5.75 Å². The lowest BCUT2D eigenvalue weighted by molar-refractivity contribution is -0.130. The van der Waals surface area contributed by atoms with E-state index >= 15 is 0 Å². The van der Waals surface area contributed by atoms with Crippen LogP contribution in [0, 0.1) is 11.8 Å². The van der Waals surface area contributed by atoms with Gasteiger partial charge in [-0.1, -0.05) is 23.8 Å². The number of nitrogens with zero attached hydrogens (tertiary/aromatic N) is 2. The largest absolute Gasteiger partial charge is 0.497 e. The van der Waals surface area contributed by atoms with E-state index in [0.717, 1.165) is 31.9 Å². The maximum absolute atomic E-state index is 12.2. The number of fused-ring (bicyclic) bond motifs is 1. The predicted molar refractivity (Wildman–Crippen MR) is 96.0 cm³/mol.